The van der Waals surface area contributed by atoms with Crippen molar-refractivity contribution >= 4 is 23.2 Å². The number of pyridine rings is 1. The predicted octanol–water partition coefficient (Wildman–Crippen LogP) is 3.96. The van der Waals surface area contributed by atoms with Crippen LogP contribution in [0.25, 0.3) is 0 Å². The highest BCUT2D eigenvalue weighted by Gasteiger charge is 2.30. The van der Waals surface area contributed by atoms with E-state index in [1.54, 1.807) is 0 Å². The summed E-state index contributed by atoms with van der Waals surface area (Å²) in [6, 6.07) is 5.43. The first-order chi connectivity index (χ1) is 9.82. The molecular formula is C13H10Cl2F3N3. The van der Waals surface area contributed by atoms with Crippen LogP contribution in [-0.4, -0.2) is 4.98 Å². The molecule has 1 heterocycles. The number of hydrogen-bond donors (Lipinski definition) is 2. The van der Waals surface area contributed by atoms with Gasteiger partial charge in [-0.1, -0.05) is 35.3 Å². The van der Waals surface area contributed by atoms with Crippen molar-refractivity contribution in [2.75, 3.05) is 0 Å². The van der Waals surface area contributed by atoms with E-state index in [0.29, 0.717) is 16.3 Å². The van der Waals surface area contributed by atoms with Crippen LogP contribution in [0.5, 0.6) is 0 Å². The van der Waals surface area contributed by atoms with Crippen LogP contribution in [0.3, 0.4) is 0 Å². The van der Waals surface area contributed by atoms with Gasteiger partial charge in [0.25, 0.3) is 0 Å². The summed E-state index contributed by atoms with van der Waals surface area (Å²) < 4.78 is 37.6. The lowest BCUT2D eigenvalue weighted by atomic mass is 10.0. The molecule has 3 nitrogen and oxygen atoms in total. The molecule has 3 N–H and O–H groups in total. The number of rotatable bonds is 3. The zero-order valence-corrected chi connectivity index (χ0v) is 12.0. The quantitative estimate of drug-likeness (QED) is 0.659. The third-order valence-corrected chi connectivity index (χ3v) is 3.36. The molecule has 0 spiro atoms. The van der Waals surface area contributed by atoms with Gasteiger partial charge < -0.3 is 0 Å². The predicted molar refractivity (Wildman–Crippen MR) is 74.9 cm³/mol. The molecule has 2 aromatic rings. The van der Waals surface area contributed by atoms with Crippen molar-refractivity contribution in [3.63, 3.8) is 0 Å². The van der Waals surface area contributed by atoms with E-state index in [-0.39, 0.29) is 5.02 Å². The van der Waals surface area contributed by atoms with E-state index in [0.717, 1.165) is 12.1 Å². The summed E-state index contributed by atoms with van der Waals surface area (Å²) in [5.41, 5.74) is 2.62. The van der Waals surface area contributed by atoms with Crippen LogP contribution < -0.4 is 11.3 Å². The fourth-order valence-electron chi connectivity index (χ4n) is 1.84. The summed E-state index contributed by atoms with van der Waals surface area (Å²) in [6.07, 6.45) is -3.00. The van der Waals surface area contributed by atoms with Crippen molar-refractivity contribution in [3.05, 3.63) is 63.4 Å². The van der Waals surface area contributed by atoms with Crippen LogP contribution >= 0.6 is 23.2 Å². The number of alkyl halides is 3. The third kappa shape index (κ3) is 3.65. The summed E-state index contributed by atoms with van der Waals surface area (Å²) in [4.78, 5) is 4.07. The van der Waals surface area contributed by atoms with Crippen LogP contribution in [0.1, 0.15) is 22.9 Å². The number of nitrogens with two attached hydrogens (primary N) is 1. The van der Waals surface area contributed by atoms with E-state index in [2.05, 4.69) is 10.4 Å². The van der Waals surface area contributed by atoms with Gasteiger partial charge in [-0.15, -0.1) is 0 Å². The molecule has 0 aliphatic rings. The van der Waals surface area contributed by atoms with Crippen LogP contribution in [0, 0.1) is 0 Å². The van der Waals surface area contributed by atoms with Crippen LogP contribution in [-0.2, 0) is 6.18 Å². The number of hydrogen-bond acceptors (Lipinski definition) is 3. The van der Waals surface area contributed by atoms with Gasteiger partial charge in [0.05, 0.1) is 27.3 Å². The average Bonchev–Trinajstić information content (AvgIpc) is 2.41. The van der Waals surface area contributed by atoms with E-state index in [4.69, 9.17) is 29.0 Å². The number of benzene rings is 1. The largest absolute Gasteiger partial charge is 0.416 e. The molecule has 0 saturated heterocycles. The number of hydrazine groups is 1. The van der Waals surface area contributed by atoms with Crippen molar-refractivity contribution in [2.24, 2.45) is 5.84 Å². The highest BCUT2D eigenvalue weighted by molar-refractivity contribution is 6.34. The number of nitrogens with zero attached hydrogens (tertiary/aromatic N) is 1. The van der Waals surface area contributed by atoms with Gasteiger partial charge in [-0.3, -0.25) is 10.8 Å². The minimum Gasteiger partial charge on any atom is -0.271 e. The Morgan fingerprint density at radius 1 is 1.14 bits per heavy atom. The van der Waals surface area contributed by atoms with E-state index in [9.17, 15) is 13.2 Å². The van der Waals surface area contributed by atoms with Crippen molar-refractivity contribution in [3.8, 4) is 0 Å². The molecule has 1 aromatic carbocycles. The normalized spacial score (nSPS) is 13.2. The molecule has 0 fully saturated rings. The van der Waals surface area contributed by atoms with Gasteiger partial charge in [-0.25, -0.2) is 5.43 Å². The van der Waals surface area contributed by atoms with Crippen LogP contribution in [0.2, 0.25) is 10.0 Å². The number of halogens is 5. The molecule has 1 unspecified atom stereocenters. The van der Waals surface area contributed by atoms with Gasteiger partial charge in [0, 0.05) is 6.20 Å². The third-order valence-electron chi connectivity index (χ3n) is 2.85. The van der Waals surface area contributed by atoms with Gasteiger partial charge in [0.15, 0.2) is 0 Å². The molecule has 0 saturated carbocycles. The Kier molecular flexibility index (Phi) is 4.73. The fourth-order valence-corrected chi connectivity index (χ4v) is 2.32. The SMILES string of the molecule is NNC(c1ccc(C(F)(F)F)cc1)c1ncc(Cl)cc1Cl. The Hall–Kier alpha value is -1.34. The fraction of sp³-hybridized carbons (Fsp3) is 0.154. The molecule has 1 aromatic heterocycles. The molecule has 2 rings (SSSR count). The van der Waals surface area contributed by atoms with Gasteiger partial charge in [-0.05, 0) is 23.8 Å². The molecular weight excluding hydrogens is 326 g/mol. The topological polar surface area (TPSA) is 50.9 Å². The highest BCUT2D eigenvalue weighted by atomic mass is 35.5. The van der Waals surface area contributed by atoms with Crippen molar-refractivity contribution in [2.45, 2.75) is 12.2 Å². The lowest BCUT2D eigenvalue weighted by Crippen LogP contribution is -2.29. The first-order valence-electron chi connectivity index (χ1n) is 5.77. The monoisotopic (exact) mass is 335 g/mol. The summed E-state index contributed by atoms with van der Waals surface area (Å²) >= 11 is 11.8. The maximum Gasteiger partial charge on any atom is 0.416 e. The highest BCUT2D eigenvalue weighted by Crippen LogP contribution is 2.32. The van der Waals surface area contributed by atoms with E-state index >= 15 is 0 Å². The Morgan fingerprint density at radius 3 is 2.24 bits per heavy atom. The second kappa shape index (κ2) is 6.19. The summed E-state index contributed by atoms with van der Waals surface area (Å²) in [5.74, 6) is 5.46. The Balaban J connectivity index is 2.37. The van der Waals surface area contributed by atoms with Crippen molar-refractivity contribution < 1.29 is 13.2 Å². The first kappa shape index (κ1) is 16.0. The Bertz CT molecular complexity index is 630. The zero-order chi connectivity index (χ0) is 15.6. The molecule has 1 atom stereocenters. The van der Waals surface area contributed by atoms with Crippen LogP contribution in [0.4, 0.5) is 13.2 Å². The standard InChI is InChI=1S/C13H10Cl2F3N3/c14-9-5-10(15)12(20-6-9)11(21-19)7-1-3-8(4-2-7)13(16,17)18/h1-6,11,21H,19H2. The second-order valence-corrected chi connectivity index (χ2v) is 5.08. The average molecular weight is 336 g/mol. The Labute approximate surface area is 128 Å². The molecule has 8 heteroatoms. The molecule has 21 heavy (non-hydrogen) atoms. The molecule has 0 radical (unpaired) electrons. The van der Waals surface area contributed by atoms with Gasteiger partial charge >= 0.3 is 6.18 Å². The number of nitrogens with one attached hydrogen (secondary N) is 1. The minimum absolute atomic E-state index is 0.269. The lowest BCUT2D eigenvalue weighted by molar-refractivity contribution is -0.137. The van der Waals surface area contributed by atoms with Crippen LogP contribution in [0.15, 0.2) is 36.5 Å². The summed E-state index contributed by atoms with van der Waals surface area (Å²) in [5, 5.41) is 0.622. The van der Waals surface area contributed by atoms with Gasteiger partial charge in [0.2, 0.25) is 0 Å². The van der Waals surface area contributed by atoms with Gasteiger partial charge in [-0.2, -0.15) is 13.2 Å². The lowest BCUT2D eigenvalue weighted by Gasteiger charge is -2.18. The minimum atomic E-state index is -4.39. The molecule has 0 aliphatic heterocycles. The first-order valence-corrected chi connectivity index (χ1v) is 6.52. The number of aromatic nitrogens is 1. The van der Waals surface area contributed by atoms with Crippen molar-refractivity contribution in [1.29, 1.82) is 0 Å². The Morgan fingerprint density at radius 2 is 1.76 bits per heavy atom. The van der Waals surface area contributed by atoms with Crippen molar-refractivity contribution in [1.82, 2.24) is 10.4 Å². The smallest absolute Gasteiger partial charge is 0.271 e. The zero-order valence-electron chi connectivity index (χ0n) is 10.5. The summed E-state index contributed by atoms with van der Waals surface area (Å²) in [6.45, 7) is 0. The molecule has 0 amide bonds. The van der Waals surface area contributed by atoms with Gasteiger partial charge in [0.1, 0.15) is 0 Å². The maximum absolute atomic E-state index is 12.5. The molecule has 0 bridgehead atoms. The van der Waals surface area contributed by atoms with E-state index in [1.807, 2.05) is 0 Å². The second-order valence-electron chi connectivity index (χ2n) is 4.24. The molecule has 112 valence electrons. The summed E-state index contributed by atoms with van der Waals surface area (Å²) in [7, 11) is 0. The van der Waals surface area contributed by atoms with E-state index < -0.39 is 17.8 Å². The van der Waals surface area contributed by atoms with E-state index in [1.165, 1.54) is 24.4 Å². The maximum atomic E-state index is 12.5. The molecule has 0 aliphatic carbocycles.